The molecule has 0 amide bonds. The summed E-state index contributed by atoms with van der Waals surface area (Å²) in [7, 11) is 0. The molecule has 7 heteroatoms. The van der Waals surface area contributed by atoms with Gasteiger partial charge in [-0.1, -0.05) is 0 Å². The fourth-order valence-electron chi connectivity index (χ4n) is 1.71. The highest BCUT2D eigenvalue weighted by Gasteiger charge is 2.12. The molecule has 0 saturated carbocycles. The SMILES string of the molecule is Cc1nc(NCc2cc(F)ccc2F)ccc1[N+](=O)[O-]. The number of nitro groups is 1. The zero-order chi connectivity index (χ0) is 14.7. The Morgan fingerprint density at radius 2 is 2.05 bits per heavy atom. The Balaban J connectivity index is 2.13. The van der Waals surface area contributed by atoms with Gasteiger partial charge in [-0.25, -0.2) is 13.8 Å². The van der Waals surface area contributed by atoms with Gasteiger partial charge in [-0.2, -0.15) is 0 Å². The van der Waals surface area contributed by atoms with Crippen LogP contribution in [0.25, 0.3) is 0 Å². The Hall–Kier alpha value is -2.57. The minimum Gasteiger partial charge on any atom is -0.366 e. The maximum Gasteiger partial charge on any atom is 0.290 e. The average molecular weight is 279 g/mol. The van der Waals surface area contributed by atoms with Gasteiger partial charge in [-0.3, -0.25) is 10.1 Å². The summed E-state index contributed by atoms with van der Waals surface area (Å²) in [5.41, 5.74) is 0.315. The van der Waals surface area contributed by atoms with Crippen LogP contribution in [0.2, 0.25) is 0 Å². The van der Waals surface area contributed by atoms with E-state index >= 15 is 0 Å². The molecule has 0 spiro atoms. The molecule has 1 aromatic heterocycles. The van der Waals surface area contributed by atoms with E-state index in [4.69, 9.17) is 0 Å². The highest BCUT2D eigenvalue weighted by Crippen LogP contribution is 2.18. The molecular weight excluding hydrogens is 268 g/mol. The van der Waals surface area contributed by atoms with Crippen molar-refractivity contribution in [1.29, 1.82) is 0 Å². The standard InChI is InChI=1S/C13H11F2N3O2/c1-8-12(18(19)20)4-5-13(17-8)16-7-9-6-10(14)2-3-11(9)15/h2-6H,7H2,1H3,(H,16,17). The molecule has 1 aromatic carbocycles. The van der Waals surface area contributed by atoms with Crippen molar-refractivity contribution < 1.29 is 13.7 Å². The number of nitrogens with one attached hydrogen (secondary N) is 1. The van der Waals surface area contributed by atoms with E-state index in [1.165, 1.54) is 19.1 Å². The number of rotatable bonds is 4. The van der Waals surface area contributed by atoms with Crippen molar-refractivity contribution in [3.05, 3.63) is 63.3 Å². The summed E-state index contributed by atoms with van der Waals surface area (Å²) in [5, 5.41) is 13.4. The first-order valence-electron chi connectivity index (χ1n) is 5.77. The third kappa shape index (κ3) is 3.05. The molecule has 0 aliphatic carbocycles. The Morgan fingerprint density at radius 1 is 1.30 bits per heavy atom. The van der Waals surface area contributed by atoms with Crippen molar-refractivity contribution in [1.82, 2.24) is 4.98 Å². The fraction of sp³-hybridized carbons (Fsp3) is 0.154. The lowest BCUT2D eigenvalue weighted by Gasteiger charge is -2.07. The smallest absolute Gasteiger partial charge is 0.290 e. The van der Waals surface area contributed by atoms with E-state index in [1.807, 2.05) is 0 Å². The highest BCUT2D eigenvalue weighted by molar-refractivity contribution is 5.45. The zero-order valence-electron chi connectivity index (χ0n) is 10.6. The van der Waals surface area contributed by atoms with Crippen LogP contribution in [0, 0.1) is 28.7 Å². The van der Waals surface area contributed by atoms with Crippen molar-refractivity contribution in [2.24, 2.45) is 0 Å². The van der Waals surface area contributed by atoms with Crippen molar-refractivity contribution in [2.45, 2.75) is 13.5 Å². The van der Waals surface area contributed by atoms with Crippen LogP contribution in [0.5, 0.6) is 0 Å². The minimum absolute atomic E-state index is 0.0356. The van der Waals surface area contributed by atoms with E-state index < -0.39 is 16.6 Å². The summed E-state index contributed by atoms with van der Waals surface area (Å²) < 4.78 is 26.4. The van der Waals surface area contributed by atoms with Crippen LogP contribution in [-0.2, 0) is 6.54 Å². The van der Waals surface area contributed by atoms with E-state index in [0.717, 1.165) is 18.2 Å². The number of halogens is 2. The topological polar surface area (TPSA) is 68.1 Å². The summed E-state index contributed by atoms with van der Waals surface area (Å²) in [6.45, 7) is 1.54. The van der Waals surface area contributed by atoms with Crippen molar-refractivity contribution in [3.63, 3.8) is 0 Å². The monoisotopic (exact) mass is 279 g/mol. The molecule has 1 heterocycles. The molecule has 0 aliphatic rings. The first-order chi connectivity index (χ1) is 9.47. The number of hydrogen-bond acceptors (Lipinski definition) is 4. The summed E-state index contributed by atoms with van der Waals surface area (Å²) in [4.78, 5) is 14.1. The third-order valence-corrected chi connectivity index (χ3v) is 2.72. The van der Waals surface area contributed by atoms with Crippen LogP contribution in [0.4, 0.5) is 20.3 Å². The van der Waals surface area contributed by atoms with Gasteiger partial charge in [-0.15, -0.1) is 0 Å². The summed E-state index contributed by atoms with van der Waals surface area (Å²) in [6, 6.07) is 5.89. The number of aryl methyl sites for hydroxylation is 1. The van der Waals surface area contributed by atoms with E-state index in [-0.39, 0.29) is 23.5 Å². The van der Waals surface area contributed by atoms with Gasteiger partial charge >= 0.3 is 0 Å². The predicted octanol–water partition coefficient (Wildman–Crippen LogP) is 3.19. The van der Waals surface area contributed by atoms with Gasteiger partial charge in [-0.05, 0) is 31.2 Å². The lowest BCUT2D eigenvalue weighted by atomic mass is 10.2. The van der Waals surface area contributed by atoms with Gasteiger partial charge in [0, 0.05) is 18.2 Å². The second-order valence-electron chi connectivity index (χ2n) is 4.15. The van der Waals surface area contributed by atoms with E-state index in [1.54, 1.807) is 0 Å². The molecule has 20 heavy (non-hydrogen) atoms. The van der Waals surface area contributed by atoms with E-state index in [0.29, 0.717) is 5.82 Å². The maximum atomic E-state index is 13.4. The number of benzene rings is 1. The zero-order valence-corrected chi connectivity index (χ0v) is 10.6. The Morgan fingerprint density at radius 3 is 2.70 bits per heavy atom. The second-order valence-corrected chi connectivity index (χ2v) is 4.15. The third-order valence-electron chi connectivity index (χ3n) is 2.72. The number of hydrogen-bond donors (Lipinski definition) is 1. The quantitative estimate of drug-likeness (QED) is 0.689. The number of nitrogens with zero attached hydrogens (tertiary/aromatic N) is 2. The van der Waals surface area contributed by atoms with Crippen LogP contribution < -0.4 is 5.32 Å². The molecule has 2 aromatic rings. The molecular formula is C13H11F2N3O2. The number of aromatic nitrogens is 1. The molecule has 5 nitrogen and oxygen atoms in total. The van der Waals surface area contributed by atoms with Crippen molar-refractivity contribution in [2.75, 3.05) is 5.32 Å². The first-order valence-corrected chi connectivity index (χ1v) is 5.77. The molecule has 0 bridgehead atoms. The maximum absolute atomic E-state index is 13.4. The second kappa shape index (κ2) is 5.60. The molecule has 0 unspecified atom stereocenters. The summed E-state index contributed by atoms with van der Waals surface area (Å²) in [6.07, 6.45) is 0. The van der Waals surface area contributed by atoms with Crippen molar-refractivity contribution in [3.8, 4) is 0 Å². The largest absolute Gasteiger partial charge is 0.366 e. The normalized spacial score (nSPS) is 10.3. The molecule has 2 rings (SSSR count). The number of pyridine rings is 1. The van der Waals surface area contributed by atoms with Crippen LogP contribution in [0.1, 0.15) is 11.3 Å². The summed E-state index contributed by atoms with van der Waals surface area (Å²) in [5.74, 6) is -0.703. The van der Waals surface area contributed by atoms with Gasteiger partial charge in [0.25, 0.3) is 5.69 Å². The molecule has 0 fully saturated rings. The Labute approximate surface area is 113 Å². The van der Waals surface area contributed by atoms with E-state index in [2.05, 4.69) is 10.3 Å². The molecule has 0 aliphatic heterocycles. The molecule has 1 N–H and O–H groups in total. The lowest BCUT2D eigenvalue weighted by Crippen LogP contribution is -2.05. The molecule has 0 saturated heterocycles. The van der Waals surface area contributed by atoms with Crippen molar-refractivity contribution >= 4 is 11.5 Å². The van der Waals surface area contributed by atoms with Crippen LogP contribution in [-0.4, -0.2) is 9.91 Å². The minimum atomic E-state index is -0.531. The highest BCUT2D eigenvalue weighted by atomic mass is 19.1. The number of anilines is 1. The van der Waals surface area contributed by atoms with E-state index in [9.17, 15) is 18.9 Å². The average Bonchev–Trinajstić information content (AvgIpc) is 2.39. The Kier molecular flexibility index (Phi) is 3.88. The van der Waals surface area contributed by atoms with Gasteiger partial charge in [0.1, 0.15) is 23.1 Å². The first kappa shape index (κ1) is 13.9. The fourth-order valence-corrected chi connectivity index (χ4v) is 1.71. The van der Waals surface area contributed by atoms with Crippen LogP contribution in [0.3, 0.4) is 0 Å². The van der Waals surface area contributed by atoms with Crippen LogP contribution >= 0.6 is 0 Å². The van der Waals surface area contributed by atoms with Gasteiger partial charge in [0.2, 0.25) is 0 Å². The Bertz CT molecular complexity index is 662. The molecule has 0 radical (unpaired) electrons. The predicted molar refractivity (Wildman–Crippen MR) is 69.3 cm³/mol. The molecule has 0 atom stereocenters. The van der Waals surface area contributed by atoms with Gasteiger partial charge in [0.05, 0.1) is 4.92 Å². The van der Waals surface area contributed by atoms with Gasteiger partial charge < -0.3 is 5.32 Å². The lowest BCUT2D eigenvalue weighted by molar-refractivity contribution is -0.385. The molecule has 104 valence electrons. The van der Waals surface area contributed by atoms with Crippen LogP contribution in [0.15, 0.2) is 30.3 Å². The summed E-state index contributed by atoms with van der Waals surface area (Å²) >= 11 is 0. The van der Waals surface area contributed by atoms with Gasteiger partial charge in [0.15, 0.2) is 0 Å².